The second-order valence-electron chi connectivity index (χ2n) is 4.57. The molecule has 0 radical (unpaired) electrons. The predicted octanol–water partition coefficient (Wildman–Crippen LogP) is 3.60. The van der Waals surface area contributed by atoms with E-state index in [9.17, 15) is 0 Å². The number of benzene rings is 1. The fourth-order valence-corrected chi connectivity index (χ4v) is 2.73. The summed E-state index contributed by atoms with van der Waals surface area (Å²) < 4.78 is 9.35. The Kier molecular flexibility index (Phi) is 5.49. The maximum atomic E-state index is 5.03. The van der Waals surface area contributed by atoms with Crippen molar-refractivity contribution >= 4 is 22.4 Å². The standard InChI is InChI=1S/C15H21N3OS/c1-4-11-6-7-13(10-12(11)5-2)16-15-17-14(18-20-15)8-9-19-3/h6-7,10H,4-5,8-9H2,1-3H3,(H,16,17,18). The first-order chi connectivity index (χ1) is 9.76. The van der Waals surface area contributed by atoms with E-state index in [2.05, 4.69) is 46.7 Å². The van der Waals surface area contributed by atoms with Gasteiger partial charge in [-0.1, -0.05) is 19.9 Å². The Labute approximate surface area is 124 Å². The quantitative estimate of drug-likeness (QED) is 0.846. The zero-order chi connectivity index (χ0) is 14.4. The lowest BCUT2D eigenvalue weighted by Gasteiger charge is -2.09. The number of hydrogen-bond donors (Lipinski definition) is 1. The Morgan fingerprint density at radius 1 is 1.20 bits per heavy atom. The molecule has 1 N–H and O–H groups in total. The summed E-state index contributed by atoms with van der Waals surface area (Å²) in [5.74, 6) is 0.834. The van der Waals surface area contributed by atoms with Gasteiger partial charge in [0.2, 0.25) is 5.13 Å². The fourth-order valence-electron chi connectivity index (χ4n) is 2.10. The highest BCUT2D eigenvalue weighted by molar-refractivity contribution is 7.09. The van der Waals surface area contributed by atoms with Crippen molar-refractivity contribution in [1.29, 1.82) is 0 Å². The van der Waals surface area contributed by atoms with Crippen molar-refractivity contribution in [2.45, 2.75) is 33.1 Å². The molecule has 0 saturated carbocycles. The Bertz CT molecular complexity index is 554. The molecule has 5 heteroatoms. The second-order valence-corrected chi connectivity index (χ2v) is 5.33. The van der Waals surface area contributed by atoms with Gasteiger partial charge in [0.05, 0.1) is 6.61 Å². The molecule has 2 rings (SSSR count). The van der Waals surface area contributed by atoms with E-state index in [1.165, 1.54) is 22.7 Å². The molecule has 0 aliphatic heterocycles. The van der Waals surface area contributed by atoms with Gasteiger partial charge in [0.1, 0.15) is 5.82 Å². The molecule has 0 spiro atoms. The summed E-state index contributed by atoms with van der Waals surface area (Å²) in [7, 11) is 1.69. The first-order valence-electron chi connectivity index (χ1n) is 6.97. The zero-order valence-corrected chi connectivity index (χ0v) is 13.1. The molecule has 1 aromatic heterocycles. The minimum absolute atomic E-state index is 0.654. The molecule has 0 unspecified atom stereocenters. The Morgan fingerprint density at radius 3 is 2.70 bits per heavy atom. The van der Waals surface area contributed by atoms with Crippen molar-refractivity contribution in [3.63, 3.8) is 0 Å². The molecule has 20 heavy (non-hydrogen) atoms. The fraction of sp³-hybridized carbons (Fsp3) is 0.467. The summed E-state index contributed by atoms with van der Waals surface area (Å²) in [5, 5.41) is 4.17. The molecule has 0 aliphatic carbocycles. The van der Waals surface area contributed by atoms with Crippen molar-refractivity contribution in [3.05, 3.63) is 35.2 Å². The van der Waals surface area contributed by atoms with Crippen LogP contribution in [0.2, 0.25) is 0 Å². The Hall–Kier alpha value is -1.46. The average molecular weight is 291 g/mol. The molecule has 0 aliphatic rings. The topological polar surface area (TPSA) is 47.0 Å². The van der Waals surface area contributed by atoms with E-state index in [1.807, 2.05) is 0 Å². The van der Waals surface area contributed by atoms with Crippen molar-refractivity contribution in [3.8, 4) is 0 Å². The van der Waals surface area contributed by atoms with Crippen molar-refractivity contribution in [1.82, 2.24) is 9.36 Å². The van der Waals surface area contributed by atoms with Gasteiger partial charge in [0.25, 0.3) is 0 Å². The van der Waals surface area contributed by atoms with Gasteiger partial charge in [0, 0.05) is 30.8 Å². The Morgan fingerprint density at radius 2 is 2.00 bits per heavy atom. The van der Waals surface area contributed by atoms with Gasteiger partial charge in [-0.2, -0.15) is 4.37 Å². The van der Waals surface area contributed by atoms with Crippen LogP contribution in [-0.2, 0) is 24.0 Å². The van der Waals surface area contributed by atoms with Crippen LogP contribution in [0.5, 0.6) is 0 Å². The number of aromatic nitrogens is 2. The molecule has 4 nitrogen and oxygen atoms in total. The van der Waals surface area contributed by atoms with E-state index in [1.54, 1.807) is 7.11 Å². The lowest BCUT2D eigenvalue weighted by atomic mass is 10.0. The molecule has 0 amide bonds. The third-order valence-electron chi connectivity index (χ3n) is 3.22. The first kappa shape index (κ1) is 14.9. The number of anilines is 2. The van der Waals surface area contributed by atoms with Crippen molar-refractivity contribution < 1.29 is 4.74 Å². The number of ether oxygens (including phenoxy) is 1. The molecule has 0 bridgehead atoms. The summed E-state index contributed by atoms with van der Waals surface area (Å²) in [4.78, 5) is 4.46. The molecule has 0 atom stereocenters. The van der Waals surface area contributed by atoms with Crippen LogP contribution in [0.3, 0.4) is 0 Å². The SMILES string of the molecule is CCc1ccc(Nc2nc(CCOC)ns2)cc1CC. The van der Waals surface area contributed by atoms with Crippen LogP contribution in [0.4, 0.5) is 10.8 Å². The van der Waals surface area contributed by atoms with Gasteiger partial charge in [-0.15, -0.1) is 0 Å². The van der Waals surface area contributed by atoms with Gasteiger partial charge in [-0.05, 0) is 36.1 Å². The number of aryl methyl sites for hydroxylation is 2. The van der Waals surface area contributed by atoms with E-state index < -0.39 is 0 Å². The highest BCUT2D eigenvalue weighted by Gasteiger charge is 2.06. The molecular weight excluding hydrogens is 270 g/mol. The summed E-state index contributed by atoms with van der Waals surface area (Å²) in [6.45, 7) is 5.03. The van der Waals surface area contributed by atoms with Crippen molar-refractivity contribution in [2.24, 2.45) is 0 Å². The first-order valence-corrected chi connectivity index (χ1v) is 7.74. The molecule has 0 fully saturated rings. The van der Waals surface area contributed by atoms with E-state index in [0.29, 0.717) is 6.61 Å². The summed E-state index contributed by atoms with van der Waals surface area (Å²) in [6.07, 6.45) is 2.88. The van der Waals surface area contributed by atoms with Gasteiger partial charge >= 0.3 is 0 Å². The minimum atomic E-state index is 0.654. The maximum absolute atomic E-state index is 5.03. The third kappa shape index (κ3) is 3.77. The molecule has 2 aromatic rings. The lowest BCUT2D eigenvalue weighted by Crippen LogP contribution is -1.97. The molecule has 108 valence electrons. The molecular formula is C15H21N3OS. The van der Waals surface area contributed by atoms with Crippen LogP contribution in [0, 0.1) is 0 Å². The molecule has 1 heterocycles. The average Bonchev–Trinajstić information content (AvgIpc) is 2.92. The highest BCUT2D eigenvalue weighted by Crippen LogP contribution is 2.22. The number of methoxy groups -OCH3 is 1. The van der Waals surface area contributed by atoms with Gasteiger partial charge in [-0.3, -0.25) is 0 Å². The molecule has 1 aromatic carbocycles. The third-order valence-corrected chi connectivity index (χ3v) is 3.89. The lowest BCUT2D eigenvalue weighted by molar-refractivity contribution is 0.201. The highest BCUT2D eigenvalue weighted by atomic mass is 32.1. The van der Waals surface area contributed by atoms with Gasteiger partial charge in [-0.25, -0.2) is 4.98 Å². The smallest absolute Gasteiger partial charge is 0.207 e. The molecule has 0 saturated heterocycles. The predicted molar refractivity (Wildman–Crippen MR) is 84.0 cm³/mol. The van der Waals surface area contributed by atoms with Crippen LogP contribution in [-0.4, -0.2) is 23.1 Å². The number of nitrogens with one attached hydrogen (secondary N) is 1. The van der Waals surface area contributed by atoms with E-state index in [4.69, 9.17) is 4.74 Å². The van der Waals surface area contributed by atoms with Crippen LogP contribution in [0.25, 0.3) is 0 Å². The monoisotopic (exact) mass is 291 g/mol. The zero-order valence-electron chi connectivity index (χ0n) is 12.3. The van der Waals surface area contributed by atoms with Gasteiger partial charge < -0.3 is 10.1 Å². The van der Waals surface area contributed by atoms with Crippen LogP contribution >= 0.6 is 11.5 Å². The summed E-state index contributed by atoms with van der Waals surface area (Å²) in [6, 6.07) is 6.50. The number of nitrogens with zero attached hydrogens (tertiary/aromatic N) is 2. The Balaban J connectivity index is 2.07. The van der Waals surface area contributed by atoms with Crippen molar-refractivity contribution in [2.75, 3.05) is 19.0 Å². The van der Waals surface area contributed by atoms with Crippen LogP contribution in [0.15, 0.2) is 18.2 Å². The summed E-state index contributed by atoms with van der Waals surface area (Å²) >= 11 is 1.39. The normalized spacial score (nSPS) is 10.8. The summed E-state index contributed by atoms with van der Waals surface area (Å²) in [5.41, 5.74) is 3.88. The number of rotatable bonds is 7. The number of hydrogen-bond acceptors (Lipinski definition) is 5. The van der Waals surface area contributed by atoms with Gasteiger partial charge in [0.15, 0.2) is 0 Å². The van der Waals surface area contributed by atoms with E-state index >= 15 is 0 Å². The second kappa shape index (κ2) is 7.36. The van der Waals surface area contributed by atoms with Crippen LogP contribution < -0.4 is 5.32 Å². The largest absolute Gasteiger partial charge is 0.384 e. The van der Waals surface area contributed by atoms with E-state index in [0.717, 1.165) is 35.9 Å². The minimum Gasteiger partial charge on any atom is -0.384 e. The van der Waals surface area contributed by atoms with Crippen LogP contribution in [0.1, 0.15) is 30.8 Å². The maximum Gasteiger partial charge on any atom is 0.207 e. The van der Waals surface area contributed by atoms with E-state index in [-0.39, 0.29) is 0 Å².